The molecule has 0 aliphatic heterocycles. The Morgan fingerprint density at radius 2 is 2.04 bits per heavy atom. The number of hydrogen-bond acceptors (Lipinski definition) is 6. The molecule has 8 heteroatoms. The second-order valence-electron chi connectivity index (χ2n) is 5.43. The molecule has 23 heavy (non-hydrogen) atoms. The average molecular weight is 312 g/mol. The zero-order valence-corrected chi connectivity index (χ0v) is 13.1. The lowest BCUT2D eigenvalue weighted by Gasteiger charge is -2.19. The van der Waals surface area contributed by atoms with Gasteiger partial charge in [-0.05, 0) is 6.92 Å². The lowest BCUT2D eigenvalue weighted by Crippen LogP contribution is -2.18. The van der Waals surface area contributed by atoms with E-state index >= 15 is 0 Å². The minimum absolute atomic E-state index is 0.107. The third-order valence-electron chi connectivity index (χ3n) is 3.68. The number of rotatable bonds is 4. The molecule has 1 aromatic carbocycles. The first kappa shape index (κ1) is 14.9. The Hall–Kier alpha value is -3.03. The van der Waals surface area contributed by atoms with Gasteiger partial charge in [-0.25, -0.2) is 4.98 Å². The molecule has 3 aromatic rings. The highest BCUT2D eigenvalue weighted by molar-refractivity contribution is 5.56. The number of aryl methyl sites for hydroxylation is 1. The number of hydrogen-bond donors (Lipinski definition) is 0. The van der Waals surface area contributed by atoms with Gasteiger partial charge in [0, 0.05) is 43.4 Å². The van der Waals surface area contributed by atoms with E-state index in [1.165, 1.54) is 12.4 Å². The van der Waals surface area contributed by atoms with Gasteiger partial charge in [0.05, 0.1) is 4.92 Å². The maximum atomic E-state index is 11.2. The average Bonchev–Trinajstić information content (AvgIpc) is 2.95. The summed E-state index contributed by atoms with van der Waals surface area (Å²) < 4.78 is 1.65. The van der Waals surface area contributed by atoms with Crippen LogP contribution in [0.4, 0.5) is 11.5 Å². The normalized spacial score (nSPS) is 10.9. The van der Waals surface area contributed by atoms with Crippen molar-refractivity contribution in [1.82, 2.24) is 19.6 Å². The van der Waals surface area contributed by atoms with E-state index < -0.39 is 0 Å². The zero-order valence-electron chi connectivity index (χ0n) is 13.1. The van der Waals surface area contributed by atoms with Crippen molar-refractivity contribution in [1.29, 1.82) is 0 Å². The molecule has 2 heterocycles. The van der Waals surface area contributed by atoms with Crippen molar-refractivity contribution < 1.29 is 4.92 Å². The predicted molar refractivity (Wildman–Crippen MR) is 85.7 cm³/mol. The van der Waals surface area contributed by atoms with E-state index in [1.54, 1.807) is 22.7 Å². The molecule has 0 saturated heterocycles. The van der Waals surface area contributed by atoms with Crippen LogP contribution < -0.4 is 4.90 Å². The van der Waals surface area contributed by atoms with Crippen molar-refractivity contribution in [2.75, 3.05) is 19.0 Å². The van der Waals surface area contributed by atoms with Gasteiger partial charge in [0.15, 0.2) is 0 Å². The minimum Gasteiger partial charge on any atom is -0.362 e. The molecule has 0 radical (unpaired) electrons. The number of anilines is 1. The van der Waals surface area contributed by atoms with Gasteiger partial charge >= 0.3 is 0 Å². The summed E-state index contributed by atoms with van der Waals surface area (Å²) in [6.45, 7) is 1.88. The molecule has 0 amide bonds. The number of nitrogens with zero attached hydrogens (tertiary/aromatic N) is 6. The molecule has 0 atom stereocenters. The van der Waals surface area contributed by atoms with Crippen LogP contribution in [0.3, 0.4) is 0 Å². The predicted octanol–water partition coefficient (Wildman–Crippen LogP) is 2.00. The van der Waals surface area contributed by atoms with Crippen molar-refractivity contribution >= 4 is 17.3 Å². The van der Waals surface area contributed by atoms with Crippen LogP contribution in [0.2, 0.25) is 0 Å². The van der Waals surface area contributed by atoms with Crippen molar-refractivity contribution in [3.8, 4) is 0 Å². The Kier molecular flexibility index (Phi) is 3.65. The zero-order chi connectivity index (χ0) is 16.6. The first-order chi connectivity index (χ1) is 11.0. The maximum absolute atomic E-state index is 11.2. The van der Waals surface area contributed by atoms with Gasteiger partial charge in [-0.1, -0.05) is 18.2 Å². The smallest absolute Gasteiger partial charge is 0.272 e. The van der Waals surface area contributed by atoms with Crippen LogP contribution in [-0.4, -0.2) is 38.6 Å². The number of fused-ring (bicyclic) bond motifs is 1. The summed E-state index contributed by atoms with van der Waals surface area (Å²) in [7, 11) is 3.80. The monoisotopic (exact) mass is 312 g/mol. The lowest BCUT2D eigenvalue weighted by molar-refractivity contribution is -0.385. The molecular formula is C15H16N6O2. The Balaban J connectivity index is 2.19. The number of para-hydroxylation sites is 1. The summed E-state index contributed by atoms with van der Waals surface area (Å²) in [5.41, 5.74) is 2.43. The fourth-order valence-electron chi connectivity index (χ4n) is 2.66. The van der Waals surface area contributed by atoms with Crippen LogP contribution in [0.5, 0.6) is 0 Å². The summed E-state index contributed by atoms with van der Waals surface area (Å²) in [5, 5.41) is 15.4. The quantitative estimate of drug-likeness (QED) is 0.540. The van der Waals surface area contributed by atoms with Gasteiger partial charge in [0.25, 0.3) is 11.5 Å². The first-order valence-electron chi connectivity index (χ1n) is 7.08. The molecule has 0 saturated carbocycles. The highest BCUT2D eigenvalue weighted by atomic mass is 16.6. The molecule has 3 rings (SSSR count). The van der Waals surface area contributed by atoms with E-state index in [-0.39, 0.29) is 10.6 Å². The van der Waals surface area contributed by atoms with E-state index in [0.29, 0.717) is 17.8 Å². The largest absolute Gasteiger partial charge is 0.362 e. The van der Waals surface area contributed by atoms with Crippen molar-refractivity contribution in [2.45, 2.75) is 13.3 Å². The number of nitro benzene ring substituents is 1. The van der Waals surface area contributed by atoms with Crippen LogP contribution >= 0.6 is 0 Å². The second kappa shape index (κ2) is 5.64. The molecule has 118 valence electrons. The standard InChI is InChI=1S/C15H16N6O2/c1-10-12(8-11-6-4-5-7-13(11)21(22)23)14(19(2)3)20-15(18-10)16-9-17-20/h4-7,9H,8H2,1-3H3. The van der Waals surface area contributed by atoms with E-state index in [0.717, 1.165) is 17.1 Å². The summed E-state index contributed by atoms with van der Waals surface area (Å²) in [6.07, 6.45) is 1.85. The molecule has 8 nitrogen and oxygen atoms in total. The Morgan fingerprint density at radius 1 is 1.30 bits per heavy atom. The molecule has 0 aliphatic rings. The highest BCUT2D eigenvalue weighted by Crippen LogP contribution is 2.28. The highest BCUT2D eigenvalue weighted by Gasteiger charge is 2.20. The van der Waals surface area contributed by atoms with Gasteiger partial charge in [-0.3, -0.25) is 10.1 Å². The van der Waals surface area contributed by atoms with E-state index in [4.69, 9.17) is 0 Å². The van der Waals surface area contributed by atoms with Crippen LogP contribution in [0.1, 0.15) is 16.8 Å². The number of benzene rings is 1. The van der Waals surface area contributed by atoms with Gasteiger partial charge in [-0.2, -0.15) is 14.6 Å². The second-order valence-corrected chi connectivity index (χ2v) is 5.43. The molecule has 0 bridgehead atoms. The van der Waals surface area contributed by atoms with Crippen LogP contribution in [0.25, 0.3) is 5.78 Å². The number of nitro groups is 1. The molecule has 0 spiro atoms. The number of aromatic nitrogens is 4. The Morgan fingerprint density at radius 3 is 2.74 bits per heavy atom. The van der Waals surface area contributed by atoms with Crippen molar-refractivity contribution in [3.63, 3.8) is 0 Å². The molecule has 0 fully saturated rings. The summed E-state index contributed by atoms with van der Waals surface area (Å²) in [5.74, 6) is 1.33. The third kappa shape index (κ3) is 2.59. The van der Waals surface area contributed by atoms with Gasteiger partial charge in [-0.15, -0.1) is 0 Å². The maximum Gasteiger partial charge on any atom is 0.272 e. The topological polar surface area (TPSA) is 89.5 Å². The van der Waals surface area contributed by atoms with Gasteiger partial charge in [0.1, 0.15) is 12.1 Å². The minimum atomic E-state index is -0.360. The molecule has 0 unspecified atom stereocenters. The third-order valence-corrected chi connectivity index (χ3v) is 3.68. The molecule has 2 aromatic heterocycles. The van der Waals surface area contributed by atoms with Gasteiger partial charge < -0.3 is 4.90 Å². The fourth-order valence-corrected chi connectivity index (χ4v) is 2.66. The van der Waals surface area contributed by atoms with Crippen molar-refractivity contribution in [2.24, 2.45) is 0 Å². The van der Waals surface area contributed by atoms with E-state index in [2.05, 4.69) is 15.1 Å². The van der Waals surface area contributed by atoms with Gasteiger partial charge in [0.2, 0.25) is 0 Å². The SMILES string of the molecule is Cc1nc2ncnn2c(N(C)C)c1Cc1ccccc1[N+](=O)[O-]. The van der Waals surface area contributed by atoms with Crippen LogP contribution in [0.15, 0.2) is 30.6 Å². The Labute approximate surface area is 132 Å². The summed E-state index contributed by atoms with van der Waals surface area (Å²) in [4.78, 5) is 21.4. The Bertz CT molecular complexity index is 887. The van der Waals surface area contributed by atoms with Crippen LogP contribution in [0, 0.1) is 17.0 Å². The van der Waals surface area contributed by atoms with Crippen molar-refractivity contribution in [3.05, 3.63) is 57.5 Å². The molecular weight excluding hydrogens is 296 g/mol. The van der Waals surface area contributed by atoms with E-state index in [1.807, 2.05) is 25.9 Å². The lowest BCUT2D eigenvalue weighted by atomic mass is 10.0. The fraction of sp³-hybridized carbons (Fsp3) is 0.267. The summed E-state index contributed by atoms with van der Waals surface area (Å²) in [6, 6.07) is 6.75. The summed E-state index contributed by atoms with van der Waals surface area (Å²) >= 11 is 0. The first-order valence-corrected chi connectivity index (χ1v) is 7.08. The van der Waals surface area contributed by atoms with Crippen LogP contribution in [-0.2, 0) is 6.42 Å². The molecule has 0 N–H and O–H groups in total. The molecule has 0 aliphatic carbocycles. The van der Waals surface area contributed by atoms with E-state index in [9.17, 15) is 10.1 Å².